The molecule has 0 radical (unpaired) electrons. The summed E-state index contributed by atoms with van der Waals surface area (Å²) in [5.41, 5.74) is 1.63. The van der Waals surface area contributed by atoms with Gasteiger partial charge in [-0.3, -0.25) is 0 Å². The molecule has 19 heavy (non-hydrogen) atoms. The van der Waals surface area contributed by atoms with Crippen molar-refractivity contribution in [2.24, 2.45) is 0 Å². The number of anilines is 1. The minimum atomic E-state index is -0.265. The molecule has 1 unspecified atom stereocenters. The highest BCUT2D eigenvalue weighted by atomic mass is 16.5. The molecule has 0 saturated carbocycles. The van der Waals surface area contributed by atoms with Crippen molar-refractivity contribution >= 4 is 11.7 Å². The lowest BCUT2D eigenvalue weighted by Gasteiger charge is -2.13. The van der Waals surface area contributed by atoms with E-state index in [2.05, 4.69) is 10.6 Å². The topological polar surface area (TPSA) is 50.4 Å². The van der Waals surface area contributed by atoms with Gasteiger partial charge in [0, 0.05) is 18.3 Å². The molecule has 1 saturated heterocycles. The minimum Gasteiger partial charge on any atom is -0.459 e. The largest absolute Gasteiger partial charge is 0.459 e. The molecule has 0 aromatic heterocycles. The molecule has 1 aromatic carbocycles. The van der Waals surface area contributed by atoms with E-state index in [-0.39, 0.29) is 12.1 Å². The number of hydrogen-bond donors (Lipinski definition) is 2. The number of carbonyl (C=O) groups is 1. The molecular formula is C15H22N2O2. The molecule has 0 spiro atoms. The Morgan fingerprint density at radius 1 is 1.42 bits per heavy atom. The van der Waals surface area contributed by atoms with Crippen LogP contribution in [-0.2, 0) is 4.74 Å². The molecular weight excluding hydrogens is 240 g/mol. The highest BCUT2D eigenvalue weighted by molar-refractivity contribution is 5.89. The molecule has 2 N–H and O–H groups in total. The number of carbonyl (C=O) groups excluding carboxylic acids is 1. The maximum absolute atomic E-state index is 11.7. The smallest absolute Gasteiger partial charge is 0.338 e. The van der Waals surface area contributed by atoms with Crippen molar-refractivity contribution in [3.63, 3.8) is 0 Å². The van der Waals surface area contributed by atoms with Gasteiger partial charge in [0.1, 0.15) is 0 Å². The van der Waals surface area contributed by atoms with E-state index >= 15 is 0 Å². The third-order valence-electron chi connectivity index (χ3n) is 3.18. The fraction of sp³-hybridized carbons (Fsp3) is 0.533. The van der Waals surface area contributed by atoms with Crippen LogP contribution in [0.25, 0.3) is 0 Å². The van der Waals surface area contributed by atoms with Gasteiger partial charge >= 0.3 is 5.97 Å². The number of benzene rings is 1. The maximum Gasteiger partial charge on any atom is 0.338 e. The molecule has 1 aliphatic heterocycles. The van der Waals surface area contributed by atoms with Gasteiger partial charge in [0.25, 0.3) is 0 Å². The molecule has 4 heteroatoms. The summed E-state index contributed by atoms with van der Waals surface area (Å²) in [6, 6.07) is 8.01. The van der Waals surface area contributed by atoms with Crippen molar-refractivity contribution in [1.29, 1.82) is 0 Å². The summed E-state index contributed by atoms with van der Waals surface area (Å²) < 4.78 is 5.15. The monoisotopic (exact) mass is 262 g/mol. The standard InChI is InChI=1S/C15H22N2O2/c1-11(2)19-15(18)12-5-7-13(8-6-12)17-10-14-4-3-9-16-14/h5-8,11,14,16-17H,3-4,9-10H2,1-2H3. The van der Waals surface area contributed by atoms with Crippen molar-refractivity contribution in [3.8, 4) is 0 Å². The van der Waals surface area contributed by atoms with Gasteiger partial charge in [-0.15, -0.1) is 0 Å². The fourth-order valence-corrected chi connectivity index (χ4v) is 2.18. The zero-order valence-corrected chi connectivity index (χ0v) is 11.6. The van der Waals surface area contributed by atoms with Gasteiger partial charge in [-0.1, -0.05) is 0 Å². The lowest BCUT2D eigenvalue weighted by Crippen LogP contribution is -2.29. The molecule has 1 atom stereocenters. The molecule has 1 heterocycles. The van der Waals surface area contributed by atoms with Crippen molar-refractivity contribution < 1.29 is 9.53 Å². The minimum absolute atomic E-state index is 0.0845. The number of hydrogen-bond acceptors (Lipinski definition) is 4. The van der Waals surface area contributed by atoms with E-state index in [0.29, 0.717) is 11.6 Å². The van der Waals surface area contributed by atoms with Crippen LogP contribution in [0.3, 0.4) is 0 Å². The number of esters is 1. The van der Waals surface area contributed by atoms with E-state index in [1.54, 1.807) is 12.1 Å². The van der Waals surface area contributed by atoms with Gasteiger partial charge in [0.05, 0.1) is 11.7 Å². The van der Waals surface area contributed by atoms with E-state index < -0.39 is 0 Å². The Morgan fingerprint density at radius 3 is 2.74 bits per heavy atom. The Kier molecular flexibility index (Phi) is 4.80. The van der Waals surface area contributed by atoms with E-state index in [0.717, 1.165) is 18.8 Å². The van der Waals surface area contributed by atoms with Crippen molar-refractivity contribution in [2.75, 3.05) is 18.4 Å². The van der Waals surface area contributed by atoms with Gasteiger partial charge in [0.15, 0.2) is 0 Å². The predicted octanol–water partition coefficient (Wildman–Crippen LogP) is 2.42. The van der Waals surface area contributed by atoms with Crippen molar-refractivity contribution in [3.05, 3.63) is 29.8 Å². The second kappa shape index (κ2) is 6.57. The van der Waals surface area contributed by atoms with Gasteiger partial charge < -0.3 is 15.4 Å². The number of ether oxygens (including phenoxy) is 1. The summed E-state index contributed by atoms with van der Waals surface area (Å²) in [5, 5.41) is 6.82. The number of nitrogens with one attached hydrogen (secondary N) is 2. The van der Waals surface area contributed by atoms with Crippen LogP contribution < -0.4 is 10.6 Å². The molecule has 0 aliphatic carbocycles. The van der Waals surface area contributed by atoms with Gasteiger partial charge in [-0.2, -0.15) is 0 Å². The Morgan fingerprint density at radius 2 is 2.16 bits per heavy atom. The zero-order valence-electron chi connectivity index (χ0n) is 11.6. The fourth-order valence-electron chi connectivity index (χ4n) is 2.18. The van der Waals surface area contributed by atoms with Gasteiger partial charge in [0.2, 0.25) is 0 Å². The van der Waals surface area contributed by atoms with E-state index in [1.807, 2.05) is 26.0 Å². The average molecular weight is 262 g/mol. The molecule has 2 rings (SSSR count). The van der Waals surface area contributed by atoms with Crippen LogP contribution in [0.2, 0.25) is 0 Å². The normalized spacial score (nSPS) is 18.6. The summed E-state index contributed by atoms with van der Waals surface area (Å²) in [7, 11) is 0. The van der Waals surface area contributed by atoms with Crippen molar-refractivity contribution in [2.45, 2.75) is 38.8 Å². The predicted molar refractivity (Wildman–Crippen MR) is 76.5 cm³/mol. The van der Waals surface area contributed by atoms with E-state index in [4.69, 9.17) is 4.74 Å². The first kappa shape index (κ1) is 13.9. The average Bonchev–Trinajstić information content (AvgIpc) is 2.89. The lowest BCUT2D eigenvalue weighted by molar-refractivity contribution is 0.0378. The summed E-state index contributed by atoms with van der Waals surface area (Å²) >= 11 is 0. The molecule has 104 valence electrons. The summed E-state index contributed by atoms with van der Waals surface area (Å²) in [6.07, 6.45) is 2.40. The first-order chi connectivity index (χ1) is 9.15. The Bertz CT molecular complexity index is 409. The molecule has 1 aliphatic rings. The molecule has 0 amide bonds. The second-order valence-electron chi connectivity index (χ2n) is 5.21. The quantitative estimate of drug-likeness (QED) is 0.800. The zero-order chi connectivity index (χ0) is 13.7. The van der Waals surface area contributed by atoms with Gasteiger partial charge in [-0.05, 0) is 57.5 Å². The Labute approximate surface area is 114 Å². The third-order valence-corrected chi connectivity index (χ3v) is 3.18. The van der Waals surface area contributed by atoms with Crippen molar-refractivity contribution in [1.82, 2.24) is 5.32 Å². The van der Waals surface area contributed by atoms with Crippen LogP contribution in [0.4, 0.5) is 5.69 Å². The molecule has 0 bridgehead atoms. The second-order valence-corrected chi connectivity index (χ2v) is 5.21. The summed E-state index contributed by atoms with van der Waals surface area (Å²) in [5.74, 6) is -0.265. The van der Waals surface area contributed by atoms with E-state index in [9.17, 15) is 4.79 Å². The highest BCUT2D eigenvalue weighted by Crippen LogP contribution is 2.12. The maximum atomic E-state index is 11.7. The first-order valence-corrected chi connectivity index (χ1v) is 6.93. The Hall–Kier alpha value is -1.55. The van der Waals surface area contributed by atoms with Crippen LogP contribution in [0.15, 0.2) is 24.3 Å². The highest BCUT2D eigenvalue weighted by Gasteiger charge is 2.13. The van der Waals surface area contributed by atoms with Gasteiger partial charge in [-0.25, -0.2) is 4.79 Å². The first-order valence-electron chi connectivity index (χ1n) is 6.93. The van der Waals surface area contributed by atoms with Crippen LogP contribution in [-0.4, -0.2) is 31.2 Å². The lowest BCUT2D eigenvalue weighted by atomic mass is 10.2. The van der Waals surface area contributed by atoms with Crippen LogP contribution in [0.1, 0.15) is 37.0 Å². The Balaban J connectivity index is 1.85. The van der Waals surface area contributed by atoms with Crippen LogP contribution in [0, 0.1) is 0 Å². The molecule has 4 nitrogen and oxygen atoms in total. The van der Waals surface area contributed by atoms with Crippen LogP contribution >= 0.6 is 0 Å². The molecule has 1 fully saturated rings. The third kappa shape index (κ3) is 4.24. The van der Waals surface area contributed by atoms with Crippen LogP contribution in [0.5, 0.6) is 0 Å². The summed E-state index contributed by atoms with van der Waals surface area (Å²) in [6.45, 7) is 5.74. The SMILES string of the molecule is CC(C)OC(=O)c1ccc(NCC2CCCN2)cc1. The molecule has 1 aromatic rings. The number of rotatable bonds is 5. The van der Waals surface area contributed by atoms with E-state index in [1.165, 1.54) is 12.8 Å². The summed E-state index contributed by atoms with van der Waals surface area (Å²) in [4.78, 5) is 11.7.